The van der Waals surface area contributed by atoms with E-state index in [0.717, 1.165) is 12.8 Å². The summed E-state index contributed by atoms with van der Waals surface area (Å²) < 4.78 is 28.7. The van der Waals surface area contributed by atoms with Gasteiger partial charge in [-0.05, 0) is 25.0 Å². The molecule has 172 valence electrons. The quantitative estimate of drug-likeness (QED) is 0.630. The topological polar surface area (TPSA) is 109 Å². The minimum Gasteiger partial charge on any atom is -0.343 e. The number of carbonyl (C=O) groups is 2. The molecule has 1 aromatic carbocycles. The highest BCUT2D eigenvalue weighted by Crippen LogP contribution is 2.22. The van der Waals surface area contributed by atoms with Crippen LogP contribution in [0.15, 0.2) is 47.9 Å². The zero-order valence-electron chi connectivity index (χ0n) is 17.9. The first-order valence-electron chi connectivity index (χ1n) is 10.9. The number of carbonyl (C=O) groups excluding carboxylic acids is 2. The second kappa shape index (κ2) is 9.78. The Kier molecular flexibility index (Phi) is 6.85. The van der Waals surface area contributed by atoms with Crippen LogP contribution in [0.5, 0.6) is 0 Å². The molecular formula is C21H28N6O4S. The van der Waals surface area contributed by atoms with E-state index in [9.17, 15) is 18.0 Å². The SMILES string of the molecule is O=C(CCC(=O)N1CCN(S(=O)(=O)c2ccccc2)CC1)N1CCC(n2cncn2)CC1. The van der Waals surface area contributed by atoms with Crippen LogP contribution in [0.25, 0.3) is 0 Å². The smallest absolute Gasteiger partial charge is 0.243 e. The van der Waals surface area contributed by atoms with Gasteiger partial charge in [0.2, 0.25) is 21.8 Å². The molecule has 1 aromatic heterocycles. The van der Waals surface area contributed by atoms with Gasteiger partial charge in [0.15, 0.2) is 0 Å². The molecule has 2 aliphatic heterocycles. The van der Waals surface area contributed by atoms with Gasteiger partial charge in [0, 0.05) is 52.1 Å². The Bertz CT molecular complexity index is 1010. The minimum absolute atomic E-state index is 0.0133. The molecule has 0 spiro atoms. The number of piperidine rings is 1. The second-order valence-corrected chi connectivity index (χ2v) is 10.0. The average Bonchev–Trinajstić information content (AvgIpc) is 3.38. The van der Waals surface area contributed by atoms with Gasteiger partial charge in [-0.2, -0.15) is 9.40 Å². The van der Waals surface area contributed by atoms with Gasteiger partial charge in [-0.25, -0.2) is 18.1 Å². The molecule has 2 aliphatic rings. The Morgan fingerprint density at radius 2 is 1.47 bits per heavy atom. The van der Waals surface area contributed by atoms with Crippen LogP contribution < -0.4 is 0 Å². The molecule has 4 rings (SSSR count). The maximum atomic E-state index is 12.7. The molecular weight excluding hydrogens is 432 g/mol. The first-order chi connectivity index (χ1) is 15.4. The van der Waals surface area contributed by atoms with Crippen molar-refractivity contribution in [3.8, 4) is 0 Å². The van der Waals surface area contributed by atoms with Crippen LogP contribution in [-0.4, -0.2) is 88.4 Å². The lowest BCUT2D eigenvalue weighted by molar-refractivity contribution is -0.138. The van der Waals surface area contributed by atoms with Crippen molar-refractivity contribution >= 4 is 21.8 Å². The Labute approximate surface area is 187 Å². The molecule has 0 unspecified atom stereocenters. The maximum absolute atomic E-state index is 12.7. The van der Waals surface area contributed by atoms with Gasteiger partial charge in [0.05, 0.1) is 10.9 Å². The summed E-state index contributed by atoms with van der Waals surface area (Å²) >= 11 is 0. The van der Waals surface area contributed by atoms with Crippen molar-refractivity contribution < 1.29 is 18.0 Å². The summed E-state index contributed by atoms with van der Waals surface area (Å²) in [6.07, 6.45) is 5.18. The van der Waals surface area contributed by atoms with E-state index in [-0.39, 0.29) is 48.7 Å². The molecule has 2 aromatic rings. The highest BCUT2D eigenvalue weighted by molar-refractivity contribution is 7.89. The zero-order valence-corrected chi connectivity index (χ0v) is 18.7. The molecule has 10 nitrogen and oxygen atoms in total. The van der Waals surface area contributed by atoms with Gasteiger partial charge in [0.1, 0.15) is 12.7 Å². The number of aromatic nitrogens is 3. The third-order valence-electron chi connectivity index (χ3n) is 6.15. The fraction of sp³-hybridized carbons (Fsp3) is 0.524. The number of sulfonamides is 1. The van der Waals surface area contributed by atoms with Gasteiger partial charge in [-0.15, -0.1) is 0 Å². The largest absolute Gasteiger partial charge is 0.343 e. The van der Waals surface area contributed by atoms with Crippen molar-refractivity contribution in [1.82, 2.24) is 28.9 Å². The van der Waals surface area contributed by atoms with E-state index in [2.05, 4.69) is 10.1 Å². The van der Waals surface area contributed by atoms with Crippen LogP contribution in [-0.2, 0) is 19.6 Å². The van der Waals surface area contributed by atoms with Crippen molar-refractivity contribution in [2.24, 2.45) is 0 Å². The van der Waals surface area contributed by atoms with Crippen LogP contribution in [0.1, 0.15) is 31.7 Å². The summed E-state index contributed by atoms with van der Waals surface area (Å²) in [4.78, 5) is 32.8. The summed E-state index contributed by atoms with van der Waals surface area (Å²) in [7, 11) is -3.55. The predicted molar refractivity (Wildman–Crippen MR) is 116 cm³/mol. The van der Waals surface area contributed by atoms with Crippen LogP contribution in [0, 0.1) is 0 Å². The van der Waals surface area contributed by atoms with Gasteiger partial charge >= 0.3 is 0 Å². The molecule has 0 radical (unpaired) electrons. The number of hydrogen-bond donors (Lipinski definition) is 0. The summed E-state index contributed by atoms with van der Waals surface area (Å²) in [6, 6.07) is 8.57. The lowest BCUT2D eigenvalue weighted by Crippen LogP contribution is -2.50. The Hall–Kier alpha value is -2.79. The zero-order chi connectivity index (χ0) is 22.6. The van der Waals surface area contributed by atoms with E-state index >= 15 is 0 Å². The van der Waals surface area contributed by atoms with Crippen molar-refractivity contribution in [2.75, 3.05) is 39.3 Å². The second-order valence-electron chi connectivity index (χ2n) is 8.09. The highest BCUT2D eigenvalue weighted by Gasteiger charge is 2.30. The number of amides is 2. The molecule has 0 N–H and O–H groups in total. The molecule has 0 atom stereocenters. The number of hydrogen-bond acceptors (Lipinski definition) is 6. The lowest BCUT2D eigenvalue weighted by Gasteiger charge is -2.34. The van der Waals surface area contributed by atoms with Crippen LogP contribution in [0.4, 0.5) is 0 Å². The molecule has 0 aliphatic carbocycles. The Morgan fingerprint density at radius 3 is 2.03 bits per heavy atom. The first kappa shape index (κ1) is 22.4. The van der Waals surface area contributed by atoms with E-state index in [1.807, 2.05) is 9.58 Å². The molecule has 11 heteroatoms. The van der Waals surface area contributed by atoms with Gasteiger partial charge in [0.25, 0.3) is 0 Å². The molecule has 32 heavy (non-hydrogen) atoms. The number of nitrogens with zero attached hydrogens (tertiary/aromatic N) is 6. The van der Waals surface area contributed by atoms with Crippen molar-refractivity contribution in [1.29, 1.82) is 0 Å². The van der Waals surface area contributed by atoms with Gasteiger partial charge < -0.3 is 9.80 Å². The van der Waals surface area contributed by atoms with Crippen molar-refractivity contribution in [2.45, 2.75) is 36.6 Å². The van der Waals surface area contributed by atoms with E-state index < -0.39 is 10.0 Å². The van der Waals surface area contributed by atoms with E-state index in [1.54, 1.807) is 41.6 Å². The summed E-state index contributed by atoms with van der Waals surface area (Å²) in [5, 5.41) is 4.17. The fourth-order valence-corrected chi connectivity index (χ4v) is 5.68. The average molecular weight is 461 g/mol. The first-order valence-corrected chi connectivity index (χ1v) is 12.3. The third-order valence-corrected chi connectivity index (χ3v) is 8.07. The summed E-state index contributed by atoms with van der Waals surface area (Å²) in [6.45, 7) is 2.48. The lowest BCUT2D eigenvalue weighted by atomic mass is 10.0. The van der Waals surface area contributed by atoms with Crippen molar-refractivity contribution in [3.63, 3.8) is 0 Å². The fourth-order valence-electron chi connectivity index (χ4n) is 4.24. The molecule has 2 fully saturated rings. The number of rotatable bonds is 6. The van der Waals surface area contributed by atoms with Crippen LogP contribution >= 0.6 is 0 Å². The Balaban J connectivity index is 1.20. The van der Waals surface area contributed by atoms with E-state index in [4.69, 9.17) is 0 Å². The number of benzene rings is 1. The van der Waals surface area contributed by atoms with Crippen LogP contribution in [0.3, 0.4) is 0 Å². The monoisotopic (exact) mass is 460 g/mol. The maximum Gasteiger partial charge on any atom is 0.243 e. The van der Waals surface area contributed by atoms with E-state index in [1.165, 1.54) is 10.6 Å². The Morgan fingerprint density at radius 1 is 0.875 bits per heavy atom. The summed E-state index contributed by atoms with van der Waals surface area (Å²) in [5.74, 6) is -0.117. The molecule has 2 saturated heterocycles. The molecule has 3 heterocycles. The minimum atomic E-state index is -3.55. The molecule has 0 saturated carbocycles. The molecule has 2 amide bonds. The standard InChI is InChI=1S/C21H28N6O4S/c28-20(24-10-8-18(9-11-24)27-17-22-16-23-27)6-7-21(29)25-12-14-26(15-13-25)32(30,31)19-4-2-1-3-5-19/h1-5,16-18H,6-15H2. The number of likely N-dealkylation sites (tertiary alicyclic amines) is 1. The predicted octanol–water partition coefficient (Wildman–Crippen LogP) is 0.755. The van der Waals surface area contributed by atoms with E-state index in [0.29, 0.717) is 26.2 Å². The normalized spacial score (nSPS) is 18.6. The molecule has 0 bridgehead atoms. The van der Waals surface area contributed by atoms with Gasteiger partial charge in [-0.3, -0.25) is 9.59 Å². The van der Waals surface area contributed by atoms with Crippen LogP contribution in [0.2, 0.25) is 0 Å². The van der Waals surface area contributed by atoms with Crippen molar-refractivity contribution in [3.05, 3.63) is 43.0 Å². The highest BCUT2D eigenvalue weighted by atomic mass is 32.2. The summed E-state index contributed by atoms with van der Waals surface area (Å²) in [5.41, 5.74) is 0. The third kappa shape index (κ3) is 4.99. The number of piperazine rings is 1. The van der Waals surface area contributed by atoms with Gasteiger partial charge in [-0.1, -0.05) is 18.2 Å².